The Morgan fingerprint density at radius 3 is 2.67 bits per heavy atom. The molecule has 2 aromatic rings. The van der Waals surface area contributed by atoms with Crippen LogP contribution in [0.2, 0.25) is 0 Å². The van der Waals surface area contributed by atoms with E-state index in [1.165, 1.54) is 0 Å². The second kappa shape index (κ2) is 5.42. The fourth-order valence-electron chi connectivity index (χ4n) is 1.41. The molecule has 94 valence electrons. The van der Waals surface area contributed by atoms with E-state index in [-0.39, 0.29) is 18.5 Å². The van der Waals surface area contributed by atoms with Crippen molar-refractivity contribution in [3.63, 3.8) is 0 Å². The number of hydrogen-bond donors (Lipinski definition) is 1. The standard InChI is InChI=1S/C12H12N2O4/c1-2-17-12(16)9-5-3-8(4-6-9)11-13-10(7-15)18-14-11/h3-6,15H,2,7H2,1H3. The van der Waals surface area contributed by atoms with Gasteiger partial charge in [-0.1, -0.05) is 17.3 Å². The van der Waals surface area contributed by atoms with Gasteiger partial charge in [-0.15, -0.1) is 0 Å². The summed E-state index contributed by atoms with van der Waals surface area (Å²) in [4.78, 5) is 15.4. The van der Waals surface area contributed by atoms with Crippen molar-refractivity contribution in [2.75, 3.05) is 6.61 Å². The Hall–Kier alpha value is -2.21. The highest BCUT2D eigenvalue weighted by Gasteiger charge is 2.10. The fraction of sp³-hybridized carbons (Fsp3) is 0.250. The van der Waals surface area contributed by atoms with Gasteiger partial charge in [-0.2, -0.15) is 4.98 Å². The van der Waals surface area contributed by atoms with Gasteiger partial charge in [0.15, 0.2) is 0 Å². The lowest BCUT2D eigenvalue weighted by Crippen LogP contribution is -2.04. The predicted octanol–water partition coefficient (Wildman–Crippen LogP) is 1.41. The van der Waals surface area contributed by atoms with Crippen molar-refractivity contribution in [1.29, 1.82) is 0 Å². The number of aromatic nitrogens is 2. The zero-order valence-corrected chi connectivity index (χ0v) is 9.79. The van der Waals surface area contributed by atoms with E-state index in [9.17, 15) is 4.79 Å². The van der Waals surface area contributed by atoms with Crippen LogP contribution in [0, 0.1) is 0 Å². The van der Waals surface area contributed by atoms with Crippen molar-refractivity contribution < 1.29 is 19.2 Å². The third kappa shape index (κ3) is 2.54. The molecule has 0 fully saturated rings. The molecule has 1 aromatic heterocycles. The van der Waals surface area contributed by atoms with Crippen LogP contribution in [-0.2, 0) is 11.3 Å². The van der Waals surface area contributed by atoms with Gasteiger partial charge in [0, 0.05) is 5.56 Å². The molecule has 0 saturated carbocycles. The van der Waals surface area contributed by atoms with Crippen LogP contribution in [0.5, 0.6) is 0 Å². The minimum absolute atomic E-state index is 0.152. The van der Waals surface area contributed by atoms with E-state index in [1.54, 1.807) is 31.2 Å². The Bertz CT molecular complexity index is 533. The molecule has 0 aliphatic rings. The highest BCUT2D eigenvalue weighted by atomic mass is 16.5. The predicted molar refractivity (Wildman–Crippen MR) is 61.6 cm³/mol. The average molecular weight is 248 g/mol. The number of rotatable bonds is 4. The summed E-state index contributed by atoms with van der Waals surface area (Å²) < 4.78 is 9.65. The Kier molecular flexibility index (Phi) is 3.69. The molecule has 0 radical (unpaired) electrons. The highest BCUT2D eigenvalue weighted by molar-refractivity contribution is 5.89. The Morgan fingerprint density at radius 1 is 1.39 bits per heavy atom. The molecular formula is C12H12N2O4. The number of esters is 1. The summed E-state index contributed by atoms with van der Waals surface area (Å²) in [5, 5.41) is 12.5. The molecule has 0 unspecified atom stereocenters. The lowest BCUT2D eigenvalue weighted by molar-refractivity contribution is 0.0526. The molecule has 1 N–H and O–H groups in total. The molecule has 1 heterocycles. The molecule has 6 heteroatoms. The van der Waals surface area contributed by atoms with Gasteiger partial charge < -0.3 is 14.4 Å². The van der Waals surface area contributed by atoms with E-state index in [0.717, 1.165) is 0 Å². The summed E-state index contributed by atoms with van der Waals surface area (Å²) in [6.45, 7) is 1.79. The largest absolute Gasteiger partial charge is 0.462 e. The first-order valence-corrected chi connectivity index (χ1v) is 5.45. The molecule has 6 nitrogen and oxygen atoms in total. The van der Waals surface area contributed by atoms with Gasteiger partial charge in [0.1, 0.15) is 6.61 Å². The lowest BCUT2D eigenvalue weighted by atomic mass is 10.1. The van der Waals surface area contributed by atoms with Gasteiger partial charge >= 0.3 is 5.97 Å². The van der Waals surface area contributed by atoms with Crippen LogP contribution in [0.15, 0.2) is 28.8 Å². The summed E-state index contributed by atoms with van der Waals surface area (Å²) in [7, 11) is 0. The van der Waals surface area contributed by atoms with Gasteiger partial charge in [0.2, 0.25) is 5.82 Å². The maximum absolute atomic E-state index is 11.4. The smallest absolute Gasteiger partial charge is 0.338 e. The Labute approximate surface area is 103 Å². The Balaban J connectivity index is 2.19. The van der Waals surface area contributed by atoms with Crippen molar-refractivity contribution in [3.8, 4) is 11.4 Å². The highest BCUT2D eigenvalue weighted by Crippen LogP contribution is 2.16. The van der Waals surface area contributed by atoms with Crippen LogP contribution in [-0.4, -0.2) is 27.8 Å². The topological polar surface area (TPSA) is 85.5 Å². The van der Waals surface area contributed by atoms with E-state index in [2.05, 4.69) is 10.1 Å². The monoisotopic (exact) mass is 248 g/mol. The third-order valence-corrected chi connectivity index (χ3v) is 2.26. The SMILES string of the molecule is CCOC(=O)c1ccc(-c2noc(CO)n2)cc1. The molecule has 0 aliphatic carbocycles. The van der Waals surface area contributed by atoms with Crippen molar-refractivity contribution in [3.05, 3.63) is 35.7 Å². The van der Waals surface area contributed by atoms with Crippen LogP contribution < -0.4 is 0 Å². The summed E-state index contributed by atoms with van der Waals surface area (Å²) in [6, 6.07) is 6.64. The van der Waals surface area contributed by atoms with Crippen LogP contribution in [0.1, 0.15) is 23.2 Å². The zero-order chi connectivity index (χ0) is 13.0. The minimum Gasteiger partial charge on any atom is -0.462 e. The summed E-state index contributed by atoms with van der Waals surface area (Å²) in [5.74, 6) is 0.155. The number of ether oxygens (including phenoxy) is 1. The summed E-state index contributed by atoms with van der Waals surface area (Å²) in [5.41, 5.74) is 1.16. The van der Waals surface area contributed by atoms with Gasteiger partial charge in [-0.3, -0.25) is 0 Å². The fourth-order valence-corrected chi connectivity index (χ4v) is 1.41. The molecule has 0 amide bonds. The molecular weight excluding hydrogens is 236 g/mol. The number of benzene rings is 1. The number of carbonyl (C=O) groups excluding carboxylic acids is 1. The van der Waals surface area contributed by atoms with Gasteiger partial charge in [0.25, 0.3) is 5.89 Å². The number of nitrogens with zero attached hydrogens (tertiary/aromatic N) is 2. The van der Waals surface area contributed by atoms with Crippen molar-refractivity contribution >= 4 is 5.97 Å². The summed E-state index contributed by atoms with van der Waals surface area (Å²) in [6.07, 6.45) is 0. The molecule has 0 saturated heterocycles. The first-order chi connectivity index (χ1) is 8.74. The van der Waals surface area contributed by atoms with Crippen LogP contribution in [0.3, 0.4) is 0 Å². The maximum atomic E-state index is 11.4. The normalized spacial score (nSPS) is 10.3. The molecule has 2 rings (SSSR count). The van der Waals surface area contributed by atoms with Crippen molar-refractivity contribution in [2.24, 2.45) is 0 Å². The molecule has 1 aromatic carbocycles. The second-order valence-electron chi connectivity index (χ2n) is 3.47. The second-order valence-corrected chi connectivity index (χ2v) is 3.47. The first kappa shape index (κ1) is 12.3. The van der Waals surface area contributed by atoms with Gasteiger partial charge in [-0.25, -0.2) is 4.79 Å². The minimum atomic E-state index is -0.367. The number of aliphatic hydroxyl groups excluding tert-OH is 1. The van der Waals surface area contributed by atoms with E-state index in [1.807, 2.05) is 0 Å². The van der Waals surface area contributed by atoms with Gasteiger partial charge in [0.05, 0.1) is 12.2 Å². The quantitative estimate of drug-likeness (QED) is 0.823. The van der Waals surface area contributed by atoms with E-state index < -0.39 is 0 Å². The van der Waals surface area contributed by atoms with Crippen molar-refractivity contribution in [1.82, 2.24) is 10.1 Å². The zero-order valence-electron chi connectivity index (χ0n) is 9.79. The third-order valence-electron chi connectivity index (χ3n) is 2.26. The van der Waals surface area contributed by atoms with E-state index in [4.69, 9.17) is 14.4 Å². The average Bonchev–Trinajstić information content (AvgIpc) is 2.88. The van der Waals surface area contributed by atoms with E-state index >= 15 is 0 Å². The van der Waals surface area contributed by atoms with Crippen molar-refractivity contribution in [2.45, 2.75) is 13.5 Å². The Morgan fingerprint density at radius 2 is 2.11 bits per heavy atom. The molecule has 0 bridgehead atoms. The first-order valence-electron chi connectivity index (χ1n) is 5.45. The maximum Gasteiger partial charge on any atom is 0.338 e. The number of aliphatic hydroxyl groups is 1. The lowest BCUT2D eigenvalue weighted by Gasteiger charge is -2.01. The molecule has 0 spiro atoms. The molecule has 18 heavy (non-hydrogen) atoms. The van der Waals surface area contributed by atoms with Gasteiger partial charge in [-0.05, 0) is 19.1 Å². The summed E-state index contributed by atoms with van der Waals surface area (Å²) >= 11 is 0. The van der Waals surface area contributed by atoms with Crippen LogP contribution in [0.25, 0.3) is 11.4 Å². The van der Waals surface area contributed by atoms with Crippen LogP contribution in [0.4, 0.5) is 0 Å². The van der Waals surface area contributed by atoms with E-state index in [0.29, 0.717) is 23.6 Å². The number of hydrogen-bond acceptors (Lipinski definition) is 6. The molecule has 0 atom stereocenters. The van der Waals surface area contributed by atoms with Crippen LogP contribution >= 0.6 is 0 Å². The molecule has 0 aliphatic heterocycles. The number of carbonyl (C=O) groups is 1.